The van der Waals surface area contributed by atoms with Gasteiger partial charge in [-0.1, -0.05) is 18.8 Å². The van der Waals surface area contributed by atoms with Crippen molar-refractivity contribution in [3.63, 3.8) is 0 Å². The molecule has 2 aromatic heterocycles. The number of nitrogens with one attached hydrogen (secondary N) is 1. The van der Waals surface area contributed by atoms with Crippen LogP contribution in [0.15, 0.2) is 17.6 Å². The van der Waals surface area contributed by atoms with Gasteiger partial charge in [-0.05, 0) is 17.9 Å². The molecule has 0 atom stereocenters. The van der Waals surface area contributed by atoms with E-state index in [1.807, 2.05) is 25.4 Å². The summed E-state index contributed by atoms with van der Waals surface area (Å²) in [5.74, 6) is 5.74. The highest BCUT2D eigenvalue weighted by Crippen LogP contribution is 2.16. The van der Waals surface area contributed by atoms with E-state index in [1.54, 1.807) is 22.2 Å². The smallest absolute Gasteiger partial charge is 0.255 e. The zero-order chi connectivity index (χ0) is 15.2. The van der Waals surface area contributed by atoms with Gasteiger partial charge in [0.15, 0.2) is 0 Å². The Labute approximate surface area is 128 Å². The third kappa shape index (κ3) is 3.72. The number of hydrogen-bond donors (Lipinski definition) is 2. The molecule has 0 spiro atoms. The number of hydrogen-bond acceptors (Lipinski definition) is 4. The highest BCUT2D eigenvalue weighted by Gasteiger charge is 2.14. The van der Waals surface area contributed by atoms with Gasteiger partial charge in [-0.3, -0.25) is 9.48 Å². The summed E-state index contributed by atoms with van der Waals surface area (Å²) < 4.78 is 1.66. The molecular formula is C15H18N4OS. The average Bonchev–Trinajstić information content (AvgIpc) is 3.08. The van der Waals surface area contributed by atoms with E-state index in [0.717, 1.165) is 22.6 Å². The molecule has 0 fully saturated rings. The lowest BCUT2D eigenvalue weighted by atomic mass is 10.2. The number of nitrogens with two attached hydrogens (primary N) is 1. The first-order chi connectivity index (χ1) is 10.2. The number of carbonyl (C=O) groups is 1. The van der Waals surface area contributed by atoms with Crippen molar-refractivity contribution in [2.24, 2.45) is 12.8 Å². The Morgan fingerprint density at radius 1 is 1.57 bits per heavy atom. The molecular weight excluding hydrogens is 284 g/mol. The van der Waals surface area contributed by atoms with Gasteiger partial charge in [0, 0.05) is 23.7 Å². The van der Waals surface area contributed by atoms with Gasteiger partial charge >= 0.3 is 0 Å². The number of rotatable bonds is 4. The second-order valence-corrected chi connectivity index (χ2v) is 5.46. The molecule has 0 aliphatic carbocycles. The molecule has 2 rings (SSSR count). The second kappa shape index (κ2) is 7.07. The highest BCUT2D eigenvalue weighted by molar-refractivity contribution is 7.10. The van der Waals surface area contributed by atoms with Crippen molar-refractivity contribution >= 4 is 17.2 Å². The molecule has 0 radical (unpaired) electrons. The van der Waals surface area contributed by atoms with Crippen molar-refractivity contribution in [1.29, 1.82) is 0 Å². The van der Waals surface area contributed by atoms with E-state index >= 15 is 0 Å². The quantitative estimate of drug-likeness (QED) is 0.836. The molecule has 0 saturated heterocycles. The molecule has 110 valence electrons. The minimum Gasteiger partial charge on any atom is -0.347 e. The molecule has 0 bridgehead atoms. The van der Waals surface area contributed by atoms with Crippen molar-refractivity contribution in [3.05, 3.63) is 39.3 Å². The molecule has 3 N–H and O–H groups in total. The van der Waals surface area contributed by atoms with E-state index in [9.17, 15) is 4.79 Å². The number of carbonyl (C=O) groups excluding carboxylic acids is 1. The zero-order valence-electron chi connectivity index (χ0n) is 12.1. The fraction of sp³-hybridized carbons (Fsp3) is 0.333. The van der Waals surface area contributed by atoms with E-state index in [1.165, 1.54) is 0 Å². The maximum absolute atomic E-state index is 12.2. The van der Waals surface area contributed by atoms with Crippen LogP contribution in [0.5, 0.6) is 0 Å². The molecule has 6 heteroatoms. The van der Waals surface area contributed by atoms with Crippen LogP contribution in [0.2, 0.25) is 0 Å². The van der Waals surface area contributed by atoms with Gasteiger partial charge in [-0.2, -0.15) is 5.10 Å². The number of aromatic nitrogens is 2. The van der Waals surface area contributed by atoms with Gasteiger partial charge in [-0.15, -0.1) is 11.3 Å². The number of thiophene rings is 1. The van der Waals surface area contributed by atoms with Crippen molar-refractivity contribution in [2.45, 2.75) is 19.9 Å². The SMILES string of the molecule is CCc1nn(C)cc1C(=O)NCc1sccc1C#CCN. The summed E-state index contributed by atoms with van der Waals surface area (Å²) in [6, 6.07) is 1.94. The minimum atomic E-state index is -0.105. The molecule has 0 unspecified atom stereocenters. The summed E-state index contributed by atoms with van der Waals surface area (Å²) in [5, 5.41) is 9.16. The van der Waals surface area contributed by atoms with Crippen molar-refractivity contribution in [3.8, 4) is 11.8 Å². The van der Waals surface area contributed by atoms with Crippen molar-refractivity contribution in [2.75, 3.05) is 6.54 Å². The van der Waals surface area contributed by atoms with E-state index < -0.39 is 0 Å². The predicted octanol–water partition coefficient (Wildman–Crippen LogP) is 1.28. The molecule has 0 saturated carbocycles. The van der Waals surface area contributed by atoms with Crippen LogP contribution in [0.4, 0.5) is 0 Å². The maximum atomic E-state index is 12.2. The van der Waals surface area contributed by atoms with E-state index in [-0.39, 0.29) is 5.91 Å². The van der Waals surface area contributed by atoms with Gasteiger partial charge < -0.3 is 11.1 Å². The Morgan fingerprint density at radius 2 is 2.38 bits per heavy atom. The number of aryl methyl sites for hydroxylation is 2. The summed E-state index contributed by atoms with van der Waals surface area (Å²) in [6.07, 6.45) is 2.48. The Balaban J connectivity index is 2.06. The van der Waals surface area contributed by atoms with Gasteiger partial charge in [0.2, 0.25) is 0 Å². The summed E-state index contributed by atoms with van der Waals surface area (Å²) in [4.78, 5) is 13.3. The Kier molecular flexibility index (Phi) is 5.14. The van der Waals surface area contributed by atoms with Gasteiger partial charge in [0.05, 0.1) is 24.3 Å². The van der Waals surface area contributed by atoms with Gasteiger partial charge in [0.1, 0.15) is 0 Å². The third-order valence-electron chi connectivity index (χ3n) is 2.96. The van der Waals surface area contributed by atoms with E-state index in [4.69, 9.17) is 5.73 Å². The second-order valence-electron chi connectivity index (χ2n) is 4.46. The molecule has 2 heterocycles. The van der Waals surface area contributed by atoms with Gasteiger partial charge in [0.25, 0.3) is 5.91 Å². The molecule has 2 aromatic rings. The first-order valence-electron chi connectivity index (χ1n) is 6.71. The summed E-state index contributed by atoms with van der Waals surface area (Å²) >= 11 is 1.57. The fourth-order valence-corrected chi connectivity index (χ4v) is 2.75. The van der Waals surface area contributed by atoms with Gasteiger partial charge in [-0.25, -0.2) is 0 Å². The molecule has 0 aromatic carbocycles. The van der Waals surface area contributed by atoms with Crippen molar-refractivity contribution < 1.29 is 4.79 Å². The van der Waals surface area contributed by atoms with E-state index in [2.05, 4.69) is 22.3 Å². The highest BCUT2D eigenvalue weighted by atomic mass is 32.1. The van der Waals surface area contributed by atoms with Crippen LogP contribution in [-0.2, 0) is 20.0 Å². The van der Waals surface area contributed by atoms with E-state index in [0.29, 0.717) is 18.7 Å². The van der Waals surface area contributed by atoms with Crippen molar-refractivity contribution in [1.82, 2.24) is 15.1 Å². The summed E-state index contributed by atoms with van der Waals surface area (Å²) in [5.41, 5.74) is 7.74. The maximum Gasteiger partial charge on any atom is 0.255 e. The molecule has 21 heavy (non-hydrogen) atoms. The van der Waals surface area contributed by atoms with Crippen LogP contribution in [0.1, 0.15) is 33.4 Å². The summed E-state index contributed by atoms with van der Waals surface area (Å²) in [7, 11) is 1.82. The first kappa shape index (κ1) is 15.3. The molecule has 1 amide bonds. The third-order valence-corrected chi connectivity index (χ3v) is 3.89. The first-order valence-corrected chi connectivity index (χ1v) is 7.59. The lowest BCUT2D eigenvalue weighted by Gasteiger charge is -2.03. The van der Waals surface area contributed by atoms with Crippen LogP contribution >= 0.6 is 11.3 Å². The summed E-state index contributed by atoms with van der Waals surface area (Å²) in [6.45, 7) is 2.78. The molecule has 0 aliphatic rings. The fourth-order valence-electron chi connectivity index (χ4n) is 1.98. The topological polar surface area (TPSA) is 72.9 Å². The monoisotopic (exact) mass is 302 g/mol. The molecule has 5 nitrogen and oxygen atoms in total. The van der Waals surface area contributed by atoms with Crippen LogP contribution in [0, 0.1) is 11.8 Å². The largest absolute Gasteiger partial charge is 0.347 e. The Bertz CT molecular complexity index is 690. The van der Waals surface area contributed by atoms with Crippen LogP contribution in [-0.4, -0.2) is 22.2 Å². The lowest BCUT2D eigenvalue weighted by Crippen LogP contribution is -2.23. The predicted molar refractivity (Wildman–Crippen MR) is 84.0 cm³/mol. The molecule has 0 aliphatic heterocycles. The Hall–Kier alpha value is -2.10. The Morgan fingerprint density at radius 3 is 3.10 bits per heavy atom. The van der Waals surface area contributed by atoms with Crippen LogP contribution in [0.25, 0.3) is 0 Å². The standard InChI is InChI=1S/C15H18N4OS/c1-3-13-12(10-19(2)18-13)15(20)17-9-14-11(5-4-7-16)6-8-21-14/h6,8,10H,3,7,9,16H2,1-2H3,(H,17,20). The normalized spacial score (nSPS) is 10.0. The zero-order valence-corrected chi connectivity index (χ0v) is 13.0. The number of nitrogens with zero attached hydrogens (tertiary/aromatic N) is 2. The lowest BCUT2D eigenvalue weighted by molar-refractivity contribution is 0.0950. The van der Waals surface area contributed by atoms with Crippen LogP contribution < -0.4 is 11.1 Å². The average molecular weight is 302 g/mol. The number of amides is 1. The van der Waals surface area contributed by atoms with Crippen LogP contribution in [0.3, 0.4) is 0 Å². The minimum absolute atomic E-state index is 0.105.